The Hall–Kier alpha value is -3.55. The van der Waals surface area contributed by atoms with Gasteiger partial charge in [0.25, 0.3) is 0 Å². The van der Waals surface area contributed by atoms with E-state index < -0.39 is 0 Å². The molecule has 0 saturated heterocycles. The van der Waals surface area contributed by atoms with Gasteiger partial charge in [0.2, 0.25) is 23.5 Å². The highest BCUT2D eigenvalue weighted by molar-refractivity contribution is 5.92. The molecule has 3 aromatic rings. The first kappa shape index (κ1) is 18.2. The summed E-state index contributed by atoms with van der Waals surface area (Å²) in [5, 5.41) is 9.39. The third-order valence-electron chi connectivity index (χ3n) is 3.65. The fraction of sp³-hybridized carbons (Fsp3) is 0.211. The van der Waals surface area contributed by atoms with Crippen LogP contribution in [0.3, 0.4) is 0 Å². The molecular weight excluding hydrogens is 346 g/mol. The van der Waals surface area contributed by atoms with E-state index in [4.69, 9.17) is 4.52 Å². The quantitative estimate of drug-likeness (QED) is 0.666. The van der Waals surface area contributed by atoms with Crippen molar-refractivity contribution in [2.75, 3.05) is 10.6 Å². The van der Waals surface area contributed by atoms with E-state index in [1.165, 1.54) is 6.92 Å². The minimum Gasteiger partial charge on any atom is -0.339 e. The van der Waals surface area contributed by atoms with Gasteiger partial charge in [-0.2, -0.15) is 4.98 Å². The van der Waals surface area contributed by atoms with Crippen LogP contribution < -0.4 is 10.6 Å². The van der Waals surface area contributed by atoms with E-state index >= 15 is 0 Å². The van der Waals surface area contributed by atoms with Crippen molar-refractivity contribution in [3.8, 4) is 11.5 Å². The highest BCUT2D eigenvalue weighted by Crippen LogP contribution is 2.15. The number of rotatable bonds is 7. The summed E-state index contributed by atoms with van der Waals surface area (Å²) >= 11 is 0. The topological polar surface area (TPSA) is 110 Å². The van der Waals surface area contributed by atoms with Crippen LogP contribution in [-0.2, 0) is 16.0 Å². The number of hydrogen-bond donors (Lipinski definition) is 2. The Bertz CT molecular complexity index is 907. The van der Waals surface area contributed by atoms with E-state index in [0.717, 1.165) is 0 Å². The molecule has 1 aromatic carbocycles. The van der Waals surface area contributed by atoms with Gasteiger partial charge in [-0.3, -0.25) is 14.6 Å². The second-order valence-corrected chi connectivity index (χ2v) is 5.89. The first-order valence-corrected chi connectivity index (χ1v) is 8.51. The van der Waals surface area contributed by atoms with Gasteiger partial charge in [-0.15, -0.1) is 0 Å². The van der Waals surface area contributed by atoms with Gasteiger partial charge in [0.05, 0.1) is 0 Å². The monoisotopic (exact) mass is 365 g/mol. The molecule has 0 aliphatic carbocycles. The lowest BCUT2D eigenvalue weighted by Crippen LogP contribution is -2.11. The predicted molar refractivity (Wildman–Crippen MR) is 99.8 cm³/mol. The molecular formula is C19H19N5O3. The second-order valence-electron chi connectivity index (χ2n) is 5.89. The molecule has 8 heteroatoms. The maximum Gasteiger partial charge on any atom is 0.227 e. The molecule has 2 heterocycles. The average molecular weight is 365 g/mol. The summed E-state index contributed by atoms with van der Waals surface area (Å²) in [5.74, 6) is 0.670. The molecule has 0 bridgehead atoms. The minimum absolute atomic E-state index is 0.105. The Morgan fingerprint density at radius 1 is 1.04 bits per heavy atom. The Balaban J connectivity index is 1.44. The normalized spacial score (nSPS) is 10.4. The highest BCUT2D eigenvalue weighted by Gasteiger charge is 2.10. The van der Waals surface area contributed by atoms with E-state index in [2.05, 4.69) is 25.8 Å². The SMILES string of the molecule is CC(=O)Nc1ccc(NC(=O)CCCc2nc(-c3ccccn3)no2)cc1. The van der Waals surface area contributed by atoms with Gasteiger partial charge >= 0.3 is 0 Å². The molecule has 2 aromatic heterocycles. The summed E-state index contributed by atoms with van der Waals surface area (Å²) in [6.07, 6.45) is 3.08. The maximum atomic E-state index is 12.0. The number of benzene rings is 1. The van der Waals surface area contributed by atoms with E-state index in [1.807, 2.05) is 12.1 Å². The zero-order chi connectivity index (χ0) is 19.1. The Morgan fingerprint density at radius 3 is 2.44 bits per heavy atom. The van der Waals surface area contributed by atoms with Gasteiger partial charge in [-0.05, 0) is 42.8 Å². The Kier molecular flexibility index (Phi) is 5.88. The van der Waals surface area contributed by atoms with E-state index in [9.17, 15) is 9.59 Å². The van der Waals surface area contributed by atoms with Crippen molar-refractivity contribution in [1.82, 2.24) is 15.1 Å². The first-order valence-electron chi connectivity index (χ1n) is 8.51. The van der Waals surface area contributed by atoms with E-state index in [0.29, 0.717) is 48.0 Å². The average Bonchev–Trinajstić information content (AvgIpc) is 3.13. The van der Waals surface area contributed by atoms with Crippen LogP contribution in [0.1, 0.15) is 25.7 Å². The predicted octanol–water partition coefficient (Wildman–Crippen LogP) is 3.05. The number of pyridine rings is 1. The van der Waals surface area contributed by atoms with Crippen molar-refractivity contribution in [1.29, 1.82) is 0 Å². The smallest absolute Gasteiger partial charge is 0.227 e. The van der Waals surface area contributed by atoms with Gasteiger partial charge < -0.3 is 15.2 Å². The van der Waals surface area contributed by atoms with Crippen molar-refractivity contribution >= 4 is 23.2 Å². The van der Waals surface area contributed by atoms with Crippen LogP contribution in [0.5, 0.6) is 0 Å². The lowest BCUT2D eigenvalue weighted by atomic mass is 10.2. The lowest BCUT2D eigenvalue weighted by Gasteiger charge is -2.06. The van der Waals surface area contributed by atoms with Crippen LogP contribution >= 0.6 is 0 Å². The molecule has 138 valence electrons. The van der Waals surface area contributed by atoms with Crippen LogP contribution in [-0.4, -0.2) is 26.9 Å². The Labute approximate surface area is 156 Å². The molecule has 0 fully saturated rings. The molecule has 2 N–H and O–H groups in total. The van der Waals surface area contributed by atoms with Crippen molar-refractivity contribution in [2.45, 2.75) is 26.2 Å². The number of aromatic nitrogens is 3. The van der Waals surface area contributed by atoms with Crippen molar-refractivity contribution in [3.63, 3.8) is 0 Å². The summed E-state index contributed by atoms with van der Waals surface area (Å²) in [7, 11) is 0. The summed E-state index contributed by atoms with van der Waals surface area (Å²) in [6, 6.07) is 12.4. The number of carbonyl (C=O) groups excluding carboxylic acids is 2. The number of aryl methyl sites for hydroxylation is 1. The third kappa shape index (κ3) is 5.46. The molecule has 0 aliphatic heterocycles. The zero-order valence-electron chi connectivity index (χ0n) is 14.8. The summed E-state index contributed by atoms with van der Waals surface area (Å²) in [5.41, 5.74) is 2.00. The second kappa shape index (κ2) is 8.70. The molecule has 0 saturated carbocycles. The molecule has 0 spiro atoms. The van der Waals surface area contributed by atoms with E-state index in [-0.39, 0.29) is 11.8 Å². The molecule has 2 amide bonds. The first-order chi connectivity index (χ1) is 13.1. The Morgan fingerprint density at radius 2 is 1.78 bits per heavy atom. The standard InChI is InChI=1S/C19H19N5O3/c1-13(25)21-14-8-10-15(11-9-14)22-17(26)6-4-7-18-23-19(24-27-18)16-5-2-3-12-20-16/h2-3,5,8-12H,4,6-7H2,1H3,(H,21,25)(H,22,26). The summed E-state index contributed by atoms with van der Waals surface area (Å²) in [4.78, 5) is 31.5. The number of amides is 2. The third-order valence-corrected chi connectivity index (χ3v) is 3.65. The molecule has 27 heavy (non-hydrogen) atoms. The number of carbonyl (C=O) groups is 2. The maximum absolute atomic E-state index is 12.0. The van der Waals surface area contributed by atoms with Gasteiger partial charge in [0, 0.05) is 37.3 Å². The fourth-order valence-corrected chi connectivity index (χ4v) is 2.42. The molecule has 8 nitrogen and oxygen atoms in total. The van der Waals surface area contributed by atoms with Crippen LogP contribution in [0.4, 0.5) is 11.4 Å². The molecule has 3 rings (SSSR count). The summed E-state index contributed by atoms with van der Waals surface area (Å²) in [6.45, 7) is 1.44. The van der Waals surface area contributed by atoms with Crippen LogP contribution in [0.15, 0.2) is 53.2 Å². The van der Waals surface area contributed by atoms with Crippen molar-refractivity contribution in [3.05, 3.63) is 54.6 Å². The van der Waals surface area contributed by atoms with Gasteiger partial charge in [0.1, 0.15) is 5.69 Å². The summed E-state index contributed by atoms with van der Waals surface area (Å²) < 4.78 is 5.20. The van der Waals surface area contributed by atoms with Crippen molar-refractivity contribution in [2.24, 2.45) is 0 Å². The van der Waals surface area contributed by atoms with Crippen LogP contribution in [0.2, 0.25) is 0 Å². The van der Waals surface area contributed by atoms with Crippen LogP contribution in [0.25, 0.3) is 11.5 Å². The van der Waals surface area contributed by atoms with Gasteiger partial charge in [-0.1, -0.05) is 11.2 Å². The van der Waals surface area contributed by atoms with Crippen LogP contribution in [0, 0.1) is 0 Å². The largest absolute Gasteiger partial charge is 0.339 e. The number of anilines is 2. The van der Waals surface area contributed by atoms with Crippen molar-refractivity contribution < 1.29 is 14.1 Å². The zero-order valence-corrected chi connectivity index (χ0v) is 14.8. The molecule has 0 aliphatic rings. The molecule has 0 atom stereocenters. The number of nitrogens with one attached hydrogen (secondary N) is 2. The fourth-order valence-electron chi connectivity index (χ4n) is 2.42. The van der Waals surface area contributed by atoms with E-state index in [1.54, 1.807) is 36.5 Å². The number of nitrogens with zero attached hydrogens (tertiary/aromatic N) is 3. The minimum atomic E-state index is -0.140. The highest BCUT2D eigenvalue weighted by atomic mass is 16.5. The molecule has 0 unspecified atom stereocenters. The van der Waals surface area contributed by atoms with Gasteiger partial charge in [-0.25, -0.2) is 0 Å². The molecule has 0 radical (unpaired) electrons. The number of hydrogen-bond acceptors (Lipinski definition) is 6. The lowest BCUT2D eigenvalue weighted by molar-refractivity contribution is -0.116. The van der Waals surface area contributed by atoms with Gasteiger partial charge in [0.15, 0.2) is 0 Å².